The number of carbonyl (C=O) groups is 2. The quantitative estimate of drug-likeness (QED) is 0.331. The number of hydrogen-bond acceptors (Lipinski definition) is 5. The Labute approximate surface area is 197 Å². The number of para-hydroxylation sites is 2. The van der Waals surface area contributed by atoms with Crippen LogP contribution in [0.3, 0.4) is 0 Å². The van der Waals surface area contributed by atoms with E-state index in [1.165, 1.54) is 6.26 Å². The molecular formula is C27H24N2O5. The normalized spacial score (nSPS) is 10.4. The summed E-state index contributed by atoms with van der Waals surface area (Å²) in [5.41, 5.74) is 1.97. The first kappa shape index (κ1) is 22.7. The summed E-state index contributed by atoms with van der Waals surface area (Å²) in [6.45, 7) is 1.00. The molecule has 0 bridgehead atoms. The summed E-state index contributed by atoms with van der Waals surface area (Å²) in [4.78, 5) is 24.8. The Morgan fingerprint density at radius 2 is 1.47 bits per heavy atom. The van der Waals surface area contributed by atoms with E-state index in [9.17, 15) is 9.59 Å². The number of amides is 2. The van der Waals surface area contributed by atoms with Crippen LogP contribution in [-0.4, -0.2) is 25.0 Å². The van der Waals surface area contributed by atoms with Crippen molar-refractivity contribution in [3.63, 3.8) is 0 Å². The van der Waals surface area contributed by atoms with E-state index < -0.39 is 0 Å². The predicted molar refractivity (Wildman–Crippen MR) is 128 cm³/mol. The van der Waals surface area contributed by atoms with Crippen LogP contribution in [0.4, 0.5) is 5.69 Å². The first-order chi connectivity index (χ1) is 16.7. The Bertz CT molecular complexity index is 1210. The van der Waals surface area contributed by atoms with Crippen LogP contribution in [0, 0.1) is 0 Å². The van der Waals surface area contributed by atoms with Gasteiger partial charge in [-0.05, 0) is 54.1 Å². The third-order valence-electron chi connectivity index (χ3n) is 4.89. The van der Waals surface area contributed by atoms with Crippen LogP contribution >= 0.6 is 0 Å². The van der Waals surface area contributed by atoms with Gasteiger partial charge in [0.15, 0.2) is 5.76 Å². The number of nitrogens with one attached hydrogen (secondary N) is 2. The molecule has 0 saturated heterocycles. The minimum Gasteiger partial charge on any atom is -0.490 e. The van der Waals surface area contributed by atoms with Crippen LogP contribution in [0.15, 0.2) is 102 Å². The maximum absolute atomic E-state index is 12.7. The third kappa shape index (κ3) is 6.26. The number of carbonyl (C=O) groups excluding carboxylic acids is 2. The van der Waals surface area contributed by atoms with E-state index in [1.54, 1.807) is 42.5 Å². The molecule has 7 nitrogen and oxygen atoms in total. The zero-order valence-electron chi connectivity index (χ0n) is 18.4. The SMILES string of the molecule is O=C(Nc1ccc(CNC(=O)c2ccccc2OCCOc2ccccc2)cc1)c1ccco1. The van der Waals surface area contributed by atoms with Crippen molar-refractivity contribution in [1.82, 2.24) is 5.32 Å². The van der Waals surface area contributed by atoms with Crippen LogP contribution in [0.5, 0.6) is 11.5 Å². The van der Waals surface area contributed by atoms with Crippen molar-refractivity contribution in [3.05, 3.63) is 114 Å². The molecule has 0 aliphatic rings. The number of benzene rings is 3. The van der Waals surface area contributed by atoms with Crippen molar-refractivity contribution in [2.24, 2.45) is 0 Å². The number of ether oxygens (including phenoxy) is 2. The summed E-state index contributed by atoms with van der Waals surface area (Å²) in [5.74, 6) is 0.937. The minimum absolute atomic E-state index is 0.240. The smallest absolute Gasteiger partial charge is 0.291 e. The van der Waals surface area contributed by atoms with Crippen molar-refractivity contribution in [2.75, 3.05) is 18.5 Å². The summed E-state index contributed by atoms with van der Waals surface area (Å²) in [7, 11) is 0. The maximum atomic E-state index is 12.7. The molecule has 34 heavy (non-hydrogen) atoms. The Morgan fingerprint density at radius 3 is 2.24 bits per heavy atom. The molecule has 4 rings (SSSR count). The summed E-state index contributed by atoms with van der Waals surface area (Å²) in [6, 6.07) is 27.0. The largest absolute Gasteiger partial charge is 0.490 e. The van der Waals surface area contributed by atoms with Crippen LogP contribution in [0.1, 0.15) is 26.5 Å². The topological polar surface area (TPSA) is 89.8 Å². The van der Waals surface area contributed by atoms with Crippen molar-refractivity contribution in [2.45, 2.75) is 6.54 Å². The zero-order valence-corrected chi connectivity index (χ0v) is 18.4. The third-order valence-corrected chi connectivity index (χ3v) is 4.89. The molecule has 1 aromatic heterocycles. The van der Waals surface area contributed by atoms with Crippen LogP contribution in [0.2, 0.25) is 0 Å². The van der Waals surface area contributed by atoms with E-state index in [0.717, 1.165) is 11.3 Å². The van der Waals surface area contributed by atoms with Crippen molar-refractivity contribution in [1.29, 1.82) is 0 Å². The second kappa shape index (κ2) is 11.4. The predicted octanol–water partition coefficient (Wildman–Crippen LogP) is 4.92. The first-order valence-electron chi connectivity index (χ1n) is 10.8. The van der Waals surface area contributed by atoms with E-state index in [2.05, 4.69) is 10.6 Å². The highest BCUT2D eigenvalue weighted by Gasteiger charge is 2.12. The zero-order chi connectivity index (χ0) is 23.6. The van der Waals surface area contributed by atoms with Gasteiger partial charge in [-0.1, -0.05) is 42.5 Å². The molecule has 3 aromatic carbocycles. The fourth-order valence-corrected chi connectivity index (χ4v) is 3.19. The van der Waals surface area contributed by atoms with Gasteiger partial charge in [-0.25, -0.2) is 0 Å². The van der Waals surface area contributed by atoms with Gasteiger partial charge in [-0.2, -0.15) is 0 Å². The molecule has 0 atom stereocenters. The van der Waals surface area contributed by atoms with Crippen LogP contribution in [-0.2, 0) is 6.54 Å². The molecule has 0 aliphatic heterocycles. The lowest BCUT2D eigenvalue weighted by molar-refractivity contribution is 0.0944. The fourth-order valence-electron chi connectivity index (χ4n) is 3.19. The molecule has 2 amide bonds. The molecule has 0 aliphatic carbocycles. The molecule has 2 N–H and O–H groups in total. The second-order valence-electron chi connectivity index (χ2n) is 7.32. The molecular weight excluding hydrogens is 432 g/mol. The molecule has 172 valence electrons. The van der Waals surface area contributed by atoms with Crippen molar-refractivity contribution < 1.29 is 23.5 Å². The average molecular weight is 456 g/mol. The highest BCUT2D eigenvalue weighted by Crippen LogP contribution is 2.19. The lowest BCUT2D eigenvalue weighted by atomic mass is 10.1. The summed E-state index contributed by atoms with van der Waals surface area (Å²) in [5, 5.41) is 5.66. The molecule has 1 heterocycles. The van der Waals surface area contributed by atoms with Gasteiger partial charge >= 0.3 is 0 Å². The Balaban J connectivity index is 1.27. The molecule has 4 aromatic rings. The Morgan fingerprint density at radius 1 is 0.735 bits per heavy atom. The van der Waals surface area contributed by atoms with E-state index in [4.69, 9.17) is 13.9 Å². The molecule has 0 fully saturated rings. The maximum Gasteiger partial charge on any atom is 0.291 e. The Kier molecular flexibility index (Phi) is 7.58. The van der Waals surface area contributed by atoms with Gasteiger partial charge in [-0.15, -0.1) is 0 Å². The van der Waals surface area contributed by atoms with E-state index >= 15 is 0 Å². The average Bonchev–Trinajstić information content (AvgIpc) is 3.42. The van der Waals surface area contributed by atoms with Crippen LogP contribution < -0.4 is 20.1 Å². The first-order valence-corrected chi connectivity index (χ1v) is 10.8. The van der Waals surface area contributed by atoms with Gasteiger partial charge in [0.05, 0.1) is 11.8 Å². The van der Waals surface area contributed by atoms with Crippen molar-refractivity contribution in [3.8, 4) is 11.5 Å². The van der Waals surface area contributed by atoms with Gasteiger partial charge in [0.1, 0.15) is 24.7 Å². The van der Waals surface area contributed by atoms with Gasteiger partial charge in [0.2, 0.25) is 0 Å². The van der Waals surface area contributed by atoms with E-state index in [0.29, 0.717) is 36.8 Å². The number of rotatable bonds is 10. The summed E-state index contributed by atoms with van der Waals surface area (Å²) < 4.78 is 16.5. The molecule has 0 unspecified atom stereocenters. The lowest BCUT2D eigenvalue weighted by Gasteiger charge is -2.12. The summed E-state index contributed by atoms with van der Waals surface area (Å²) >= 11 is 0. The Hall–Kier alpha value is -4.52. The van der Waals surface area contributed by atoms with Gasteiger partial charge in [0, 0.05) is 12.2 Å². The minimum atomic E-state index is -0.322. The standard InChI is InChI=1S/C27H24N2O5/c30-26(23-9-4-5-10-24(23)34-18-17-32-22-7-2-1-3-8-22)28-19-20-12-14-21(15-13-20)29-27(31)25-11-6-16-33-25/h1-16H,17-19H2,(H,28,30)(H,29,31). The van der Waals surface area contributed by atoms with Gasteiger partial charge in [0.25, 0.3) is 11.8 Å². The number of hydrogen-bond donors (Lipinski definition) is 2. The van der Waals surface area contributed by atoms with E-state index in [-0.39, 0.29) is 17.6 Å². The molecule has 0 radical (unpaired) electrons. The monoisotopic (exact) mass is 456 g/mol. The molecule has 0 saturated carbocycles. The molecule has 7 heteroatoms. The fraction of sp³-hybridized carbons (Fsp3) is 0.111. The lowest BCUT2D eigenvalue weighted by Crippen LogP contribution is -2.23. The van der Waals surface area contributed by atoms with Crippen molar-refractivity contribution >= 4 is 17.5 Å². The van der Waals surface area contributed by atoms with Gasteiger partial charge < -0.3 is 24.5 Å². The number of furan rings is 1. The number of anilines is 1. The summed E-state index contributed by atoms with van der Waals surface area (Å²) in [6.07, 6.45) is 1.45. The van der Waals surface area contributed by atoms with Gasteiger partial charge in [-0.3, -0.25) is 9.59 Å². The highest BCUT2D eigenvalue weighted by atomic mass is 16.5. The highest BCUT2D eigenvalue weighted by molar-refractivity contribution is 6.02. The molecule has 0 spiro atoms. The second-order valence-corrected chi connectivity index (χ2v) is 7.32. The van der Waals surface area contributed by atoms with E-state index in [1.807, 2.05) is 48.5 Å². The van der Waals surface area contributed by atoms with Crippen LogP contribution in [0.25, 0.3) is 0 Å².